The lowest BCUT2D eigenvalue weighted by Crippen LogP contribution is -2.40. The second kappa shape index (κ2) is 6.41. The van der Waals surface area contributed by atoms with Crippen molar-refractivity contribution in [2.45, 2.75) is 38.6 Å². The number of urea groups is 1. The van der Waals surface area contributed by atoms with Crippen LogP contribution in [0.5, 0.6) is 0 Å². The minimum atomic E-state index is -0.504. The fourth-order valence-corrected chi connectivity index (χ4v) is 2.67. The summed E-state index contributed by atoms with van der Waals surface area (Å²) < 4.78 is 0. The number of carbonyl (C=O) groups excluding carboxylic acids is 2. The number of benzene rings is 1. The Morgan fingerprint density at radius 3 is 2.80 bits per heavy atom. The predicted octanol–water partition coefficient (Wildman–Crippen LogP) is 2.49. The molecular formula is C15H21N3O2. The van der Waals surface area contributed by atoms with Gasteiger partial charge in [0, 0.05) is 17.3 Å². The number of hydrogen-bond acceptors (Lipinski definition) is 2. The molecule has 3 amide bonds. The Labute approximate surface area is 118 Å². The van der Waals surface area contributed by atoms with Crippen LogP contribution in [0.15, 0.2) is 24.3 Å². The molecule has 108 valence electrons. The van der Waals surface area contributed by atoms with Gasteiger partial charge in [0.25, 0.3) is 0 Å². The zero-order chi connectivity index (χ0) is 14.5. The molecule has 1 fully saturated rings. The maximum atomic E-state index is 11.9. The van der Waals surface area contributed by atoms with Crippen LogP contribution >= 0.6 is 0 Å². The maximum absolute atomic E-state index is 11.9. The second-order valence-corrected chi connectivity index (χ2v) is 5.51. The van der Waals surface area contributed by atoms with Gasteiger partial charge in [-0.15, -0.1) is 0 Å². The van der Waals surface area contributed by atoms with Gasteiger partial charge in [-0.05, 0) is 37.0 Å². The molecule has 0 heterocycles. The molecule has 1 aliphatic rings. The Kier molecular flexibility index (Phi) is 4.61. The zero-order valence-electron chi connectivity index (χ0n) is 11.7. The molecule has 0 saturated heterocycles. The molecule has 5 heteroatoms. The van der Waals surface area contributed by atoms with Crippen LogP contribution in [0.25, 0.3) is 0 Å². The number of nitrogens with one attached hydrogen (secondary N) is 2. The SMILES string of the molecule is C[C@@H]1CCC[C@H](NC(=O)Nc2cccc(C(N)=O)c2)C1. The minimum absolute atomic E-state index is 0.231. The molecule has 0 radical (unpaired) electrons. The number of nitrogens with two attached hydrogens (primary N) is 1. The minimum Gasteiger partial charge on any atom is -0.366 e. The lowest BCUT2D eigenvalue weighted by Gasteiger charge is -2.27. The fourth-order valence-electron chi connectivity index (χ4n) is 2.67. The van der Waals surface area contributed by atoms with Crippen LogP contribution < -0.4 is 16.4 Å². The molecule has 1 aromatic rings. The van der Waals surface area contributed by atoms with Crippen molar-refractivity contribution in [3.63, 3.8) is 0 Å². The highest BCUT2D eigenvalue weighted by Crippen LogP contribution is 2.23. The third-order valence-electron chi connectivity index (χ3n) is 3.68. The quantitative estimate of drug-likeness (QED) is 0.791. The summed E-state index contributed by atoms with van der Waals surface area (Å²) in [5, 5.41) is 5.72. The van der Waals surface area contributed by atoms with Crippen molar-refractivity contribution in [2.75, 3.05) is 5.32 Å². The molecule has 5 nitrogen and oxygen atoms in total. The van der Waals surface area contributed by atoms with Gasteiger partial charge in [0.2, 0.25) is 5.91 Å². The molecule has 20 heavy (non-hydrogen) atoms. The van der Waals surface area contributed by atoms with Crippen molar-refractivity contribution in [2.24, 2.45) is 11.7 Å². The number of amides is 3. The molecular weight excluding hydrogens is 254 g/mol. The van der Waals surface area contributed by atoms with Gasteiger partial charge in [-0.3, -0.25) is 4.79 Å². The Morgan fingerprint density at radius 1 is 1.30 bits per heavy atom. The summed E-state index contributed by atoms with van der Waals surface area (Å²) in [5.74, 6) is 0.155. The highest BCUT2D eigenvalue weighted by molar-refractivity contribution is 5.95. The van der Waals surface area contributed by atoms with Gasteiger partial charge >= 0.3 is 6.03 Å². The summed E-state index contributed by atoms with van der Waals surface area (Å²) >= 11 is 0. The van der Waals surface area contributed by atoms with Crippen LogP contribution in [0.4, 0.5) is 10.5 Å². The van der Waals surface area contributed by atoms with Crippen molar-refractivity contribution in [3.8, 4) is 0 Å². The van der Waals surface area contributed by atoms with E-state index in [0.717, 1.165) is 19.3 Å². The van der Waals surface area contributed by atoms with Crippen LogP contribution in [-0.4, -0.2) is 18.0 Å². The summed E-state index contributed by atoms with van der Waals surface area (Å²) in [7, 11) is 0. The zero-order valence-corrected chi connectivity index (χ0v) is 11.7. The van der Waals surface area contributed by atoms with E-state index in [4.69, 9.17) is 5.73 Å². The van der Waals surface area contributed by atoms with E-state index in [9.17, 15) is 9.59 Å². The summed E-state index contributed by atoms with van der Waals surface area (Å²) in [4.78, 5) is 23.0. The smallest absolute Gasteiger partial charge is 0.319 e. The highest BCUT2D eigenvalue weighted by Gasteiger charge is 2.20. The number of rotatable bonds is 3. The van der Waals surface area contributed by atoms with E-state index in [2.05, 4.69) is 17.6 Å². The van der Waals surface area contributed by atoms with Gasteiger partial charge in [-0.2, -0.15) is 0 Å². The first-order valence-electron chi connectivity index (χ1n) is 7.02. The van der Waals surface area contributed by atoms with E-state index < -0.39 is 5.91 Å². The highest BCUT2D eigenvalue weighted by atomic mass is 16.2. The van der Waals surface area contributed by atoms with Crippen LogP contribution in [0, 0.1) is 5.92 Å². The first kappa shape index (κ1) is 14.4. The first-order chi connectivity index (χ1) is 9.54. The molecule has 0 aliphatic heterocycles. The molecule has 0 unspecified atom stereocenters. The van der Waals surface area contributed by atoms with E-state index in [0.29, 0.717) is 17.2 Å². The monoisotopic (exact) mass is 275 g/mol. The van der Waals surface area contributed by atoms with Crippen LogP contribution in [0.2, 0.25) is 0 Å². The fraction of sp³-hybridized carbons (Fsp3) is 0.467. The summed E-state index contributed by atoms with van der Waals surface area (Å²) in [6.07, 6.45) is 4.44. The Hall–Kier alpha value is -2.04. The normalized spacial score (nSPS) is 22.1. The van der Waals surface area contributed by atoms with Crippen LogP contribution in [0.3, 0.4) is 0 Å². The Bertz CT molecular complexity index is 502. The molecule has 1 aliphatic carbocycles. The molecule has 1 saturated carbocycles. The first-order valence-corrected chi connectivity index (χ1v) is 7.02. The van der Waals surface area contributed by atoms with Crippen molar-refractivity contribution in [1.29, 1.82) is 0 Å². The lowest BCUT2D eigenvalue weighted by atomic mass is 9.87. The van der Waals surface area contributed by atoms with Crippen molar-refractivity contribution in [3.05, 3.63) is 29.8 Å². The van der Waals surface area contributed by atoms with E-state index >= 15 is 0 Å². The third-order valence-corrected chi connectivity index (χ3v) is 3.68. The lowest BCUT2D eigenvalue weighted by molar-refractivity contribution is 0.1000. The molecule has 4 N–H and O–H groups in total. The molecule has 0 aromatic heterocycles. The van der Waals surface area contributed by atoms with Crippen molar-refractivity contribution < 1.29 is 9.59 Å². The third kappa shape index (κ3) is 3.98. The summed E-state index contributed by atoms with van der Waals surface area (Å²) in [6.45, 7) is 2.21. The van der Waals surface area contributed by atoms with Gasteiger partial charge in [-0.1, -0.05) is 25.8 Å². The van der Waals surface area contributed by atoms with Gasteiger partial charge in [0.15, 0.2) is 0 Å². The van der Waals surface area contributed by atoms with Gasteiger partial charge in [-0.25, -0.2) is 4.79 Å². The Balaban J connectivity index is 1.91. The van der Waals surface area contributed by atoms with Gasteiger partial charge in [0.05, 0.1) is 0 Å². The average Bonchev–Trinajstić information content (AvgIpc) is 2.38. The van der Waals surface area contributed by atoms with Crippen LogP contribution in [0.1, 0.15) is 43.0 Å². The predicted molar refractivity (Wildman–Crippen MR) is 78.5 cm³/mol. The standard InChI is InChI=1S/C15H21N3O2/c1-10-4-2-6-12(8-10)17-15(20)18-13-7-3-5-11(9-13)14(16)19/h3,5,7,9-10,12H,2,4,6,8H2,1H3,(H2,16,19)(H2,17,18,20)/t10-,12+/m1/s1. The number of carbonyl (C=O) groups is 2. The van der Waals surface area contributed by atoms with E-state index in [1.807, 2.05) is 0 Å². The van der Waals surface area contributed by atoms with E-state index in [1.54, 1.807) is 24.3 Å². The van der Waals surface area contributed by atoms with E-state index in [-0.39, 0.29) is 12.1 Å². The van der Waals surface area contributed by atoms with Crippen LogP contribution in [-0.2, 0) is 0 Å². The topological polar surface area (TPSA) is 84.2 Å². The number of primary amides is 1. The van der Waals surface area contributed by atoms with Crippen molar-refractivity contribution >= 4 is 17.6 Å². The Morgan fingerprint density at radius 2 is 2.10 bits per heavy atom. The molecule has 2 rings (SSSR count). The maximum Gasteiger partial charge on any atom is 0.319 e. The van der Waals surface area contributed by atoms with E-state index in [1.165, 1.54) is 6.42 Å². The summed E-state index contributed by atoms with van der Waals surface area (Å²) in [5.41, 5.74) is 6.17. The average molecular weight is 275 g/mol. The van der Waals surface area contributed by atoms with Gasteiger partial charge < -0.3 is 16.4 Å². The number of anilines is 1. The molecule has 0 bridgehead atoms. The number of hydrogen-bond donors (Lipinski definition) is 3. The summed E-state index contributed by atoms with van der Waals surface area (Å²) in [6, 6.07) is 6.62. The molecule has 0 spiro atoms. The molecule has 2 atom stereocenters. The van der Waals surface area contributed by atoms with Crippen molar-refractivity contribution in [1.82, 2.24) is 5.32 Å². The second-order valence-electron chi connectivity index (χ2n) is 5.51. The molecule has 1 aromatic carbocycles. The largest absolute Gasteiger partial charge is 0.366 e. The van der Waals surface area contributed by atoms with Gasteiger partial charge in [0.1, 0.15) is 0 Å².